The van der Waals surface area contributed by atoms with Crippen LogP contribution in [-0.2, 0) is 23.9 Å². The molecule has 0 aromatic heterocycles. The number of ether oxygens (including phenoxy) is 1. The van der Waals surface area contributed by atoms with Gasteiger partial charge in [0.1, 0.15) is 25.2 Å². The number of nitrogens with one attached hydrogen (secondary N) is 4. The van der Waals surface area contributed by atoms with Crippen LogP contribution in [0.1, 0.15) is 44.2 Å². The summed E-state index contributed by atoms with van der Waals surface area (Å²) in [6.07, 6.45) is -0.574. The lowest BCUT2D eigenvalue weighted by molar-refractivity contribution is -0.142. The number of rotatable bonds is 14. The van der Waals surface area contributed by atoms with Gasteiger partial charge in [0.05, 0.1) is 5.88 Å². The van der Waals surface area contributed by atoms with Crippen molar-refractivity contribution < 1.29 is 33.8 Å². The summed E-state index contributed by atoms with van der Waals surface area (Å²) in [5.41, 5.74) is 4.30. The molecule has 0 fully saturated rings. The van der Waals surface area contributed by atoms with Crippen molar-refractivity contribution in [3.8, 4) is 11.1 Å². The van der Waals surface area contributed by atoms with E-state index in [2.05, 4.69) is 21.3 Å². The first-order chi connectivity index (χ1) is 19.6. The minimum Gasteiger partial charge on any atom is -0.480 e. The highest BCUT2D eigenvalue weighted by molar-refractivity contribution is 7.99. The van der Waals surface area contributed by atoms with Gasteiger partial charge in [-0.1, -0.05) is 62.4 Å². The van der Waals surface area contributed by atoms with Gasteiger partial charge in [-0.25, -0.2) is 9.59 Å². The number of carboxylic acid groups (broad SMARTS) is 1. The maximum atomic E-state index is 12.9. The van der Waals surface area contributed by atoms with Gasteiger partial charge in [-0.2, -0.15) is 0 Å². The molecule has 0 saturated heterocycles. The Kier molecular flexibility index (Phi) is 11.6. The molecule has 0 unspecified atom stereocenters. The molecule has 2 aromatic carbocycles. The van der Waals surface area contributed by atoms with Crippen LogP contribution in [0.3, 0.4) is 0 Å². The van der Waals surface area contributed by atoms with E-state index in [4.69, 9.17) is 4.74 Å². The lowest BCUT2D eigenvalue weighted by atomic mass is 9.98. The van der Waals surface area contributed by atoms with Gasteiger partial charge >= 0.3 is 12.1 Å². The van der Waals surface area contributed by atoms with Gasteiger partial charge in [0.2, 0.25) is 17.7 Å². The van der Waals surface area contributed by atoms with Crippen LogP contribution in [0.25, 0.3) is 11.1 Å². The molecule has 2 atom stereocenters. The number of carboxylic acids is 1. The minimum absolute atomic E-state index is 0.0139. The second-order valence-corrected chi connectivity index (χ2v) is 11.1. The molecule has 0 radical (unpaired) electrons. The molecule has 41 heavy (non-hydrogen) atoms. The zero-order valence-corrected chi connectivity index (χ0v) is 24.1. The van der Waals surface area contributed by atoms with Crippen molar-refractivity contribution in [3.05, 3.63) is 59.7 Å². The molecule has 5 N–H and O–H groups in total. The van der Waals surface area contributed by atoms with Crippen molar-refractivity contribution in [3.63, 3.8) is 0 Å². The Balaban J connectivity index is 1.54. The van der Waals surface area contributed by atoms with Crippen molar-refractivity contribution in [1.29, 1.82) is 0 Å². The van der Waals surface area contributed by atoms with Crippen LogP contribution < -0.4 is 21.3 Å². The predicted octanol–water partition coefficient (Wildman–Crippen LogP) is 2.45. The molecule has 1 aliphatic rings. The number of carbonyl (C=O) groups is 5. The first-order valence-corrected chi connectivity index (χ1v) is 14.5. The summed E-state index contributed by atoms with van der Waals surface area (Å²) >= 11 is 1.18. The molecule has 3 rings (SSSR count). The zero-order chi connectivity index (χ0) is 29.9. The van der Waals surface area contributed by atoms with Gasteiger partial charge < -0.3 is 31.1 Å². The van der Waals surface area contributed by atoms with Crippen molar-refractivity contribution in [2.45, 2.75) is 45.2 Å². The van der Waals surface area contributed by atoms with Gasteiger partial charge in [0.15, 0.2) is 0 Å². The quantitative estimate of drug-likeness (QED) is 0.167. The molecule has 0 aliphatic heterocycles. The molecule has 12 heteroatoms. The highest BCUT2D eigenvalue weighted by Crippen LogP contribution is 2.44. The Hall–Kier alpha value is -4.06. The summed E-state index contributed by atoms with van der Waals surface area (Å²) in [6.45, 7) is 4.65. The van der Waals surface area contributed by atoms with Crippen molar-refractivity contribution in [2.24, 2.45) is 5.92 Å². The van der Waals surface area contributed by atoms with E-state index in [-0.39, 0.29) is 42.4 Å². The van der Waals surface area contributed by atoms with Crippen molar-refractivity contribution in [2.75, 3.05) is 24.8 Å². The smallest absolute Gasteiger partial charge is 0.407 e. The third kappa shape index (κ3) is 9.24. The third-order valence-corrected chi connectivity index (χ3v) is 7.34. The maximum absolute atomic E-state index is 12.9. The highest BCUT2D eigenvalue weighted by atomic mass is 32.2. The Morgan fingerprint density at radius 1 is 0.902 bits per heavy atom. The number of aliphatic carboxylic acids is 1. The van der Waals surface area contributed by atoms with Crippen LogP contribution in [-0.4, -0.2) is 71.8 Å². The number of carbonyl (C=O) groups excluding carboxylic acids is 4. The predicted molar refractivity (Wildman–Crippen MR) is 155 cm³/mol. The normalized spacial score (nSPS) is 13.4. The van der Waals surface area contributed by atoms with E-state index in [1.54, 1.807) is 0 Å². The van der Waals surface area contributed by atoms with Crippen molar-refractivity contribution in [1.82, 2.24) is 21.3 Å². The number of hydrogen-bond acceptors (Lipinski definition) is 7. The number of benzene rings is 2. The molecule has 0 heterocycles. The Labute approximate surface area is 243 Å². The summed E-state index contributed by atoms with van der Waals surface area (Å²) in [7, 11) is 0. The topological polar surface area (TPSA) is 163 Å². The third-order valence-electron chi connectivity index (χ3n) is 6.42. The van der Waals surface area contributed by atoms with Crippen LogP contribution in [0.4, 0.5) is 4.79 Å². The van der Waals surface area contributed by atoms with Crippen molar-refractivity contribution >= 4 is 41.5 Å². The van der Waals surface area contributed by atoms with E-state index in [1.807, 2.05) is 62.4 Å². The SMILES string of the molecule is CC(=O)NCSC[C@H](NC(=O)CNC(=O)OCC1c2ccccc2-c2ccccc21)C(=O)N[C@@H](CC(C)C)C(=O)O. The van der Waals surface area contributed by atoms with Crippen LogP contribution in [0, 0.1) is 5.92 Å². The molecule has 1 aliphatic carbocycles. The first-order valence-electron chi connectivity index (χ1n) is 13.3. The fourth-order valence-electron chi connectivity index (χ4n) is 4.52. The lowest BCUT2D eigenvalue weighted by Gasteiger charge is -2.22. The average Bonchev–Trinajstić information content (AvgIpc) is 3.25. The van der Waals surface area contributed by atoms with Crippen LogP contribution in [0.2, 0.25) is 0 Å². The second-order valence-electron chi connectivity index (χ2n) is 10.1. The standard InChI is InChI=1S/C29H36N4O7S/c1-17(2)12-24(28(37)38)33-27(36)25(15-41-16-31-18(3)34)32-26(35)13-30-29(39)40-14-23-21-10-6-4-8-19(21)20-9-5-7-11-22(20)23/h4-11,17,23-25H,12-16H2,1-3H3,(H,30,39)(H,31,34)(H,32,35)(H,33,36)(H,37,38)/t24-,25-/m0/s1. The van der Waals surface area contributed by atoms with E-state index in [0.29, 0.717) is 0 Å². The number of alkyl carbamates (subject to hydrolysis) is 1. The molecule has 0 bridgehead atoms. The van der Waals surface area contributed by atoms with Gasteiger partial charge in [-0.3, -0.25) is 14.4 Å². The summed E-state index contributed by atoms with van der Waals surface area (Å²) in [5.74, 6) is -2.63. The highest BCUT2D eigenvalue weighted by Gasteiger charge is 2.30. The first kappa shape index (κ1) is 31.5. The molecule has 11 nitrogen and oxygen atoms in total. The molecule has 4 amide bonds. The monoisotopic (exact) mass is 584 g/mol. The summed E-state index contributed by atoms with van der Waals surface area (Å²) in [6, 6.07) is 13.6. The van der Waals surface area contributed by atoms with Gasteiger partial charge in [0, 0.05) is 18.6 Å². The summed E-state index contributed by atoms with van der Waals surface area (Å²) in [4.78, 5) is 60.7. The lowest BCUT2D eigenvalue weighted by Crippen LogP contribution is -2.54. The summed E-state index contributed by atoms with van der Waals surface area (Å²) < 4.78 is 5.44. The van der Waals surface area contributed by atoms with E-state index in [9.17, 15) is 29.1 Å². The van der Waals surface area contributed by atoms with Gasteiger partial charge in [-0.05, 0) is 34.6 Å². The fourth-order valence-corrected chi connectivity index (χ4v) is 5.42. The van der Waals surface area contributed by atoms with E-state index >= 15 is 0 Å². The van der Waals surface area contributed by atoms with E-state index in [1.165, 1.54) is 18.7 Å². The second kappa shape index (κ2) is 15.1. The Morgan fingerprint density at radius 3 is 2.07 bits per heavy atom. The van der Waals surface area contributed by atoms with Crippen LogP contribution in [0.15, 0.2) is 48.5 Å². The number of amides is 4. The number of hydrogen-bond donors (Lipinski definition) is 5. The molecular weight excluding hydrogens is 548 g/mol. The summed E-state index contributed by atoms with van der Waals surface area (Å²) in [5, 5.41) is 19.5. The molecule has 220 valence electrons. The maximum Gasteiger partial charge on any atom is 0.407 e. The number of thioether (sulfide) groups is 1. The average molecular weight is 585 g/mol. The fraction of sp³-hybridized carbons (Fsp3) is 0.414. The molecule has 0 spiro atoms. The largest absolute Gasteiger partial charge is 0.480 e. The molecule has 2 aromatic rings. The van der Waals surface area contributed by atoms with Crippen LogP contribution >= 0.6 is 11.8 Å². The van der Waals surface area contributed by atoms with Gasteiger partial charge in [0.25, 0.3) is 0 Å². The molecular formula is C29H36N4O7S. The zero-order valence-electron chi connectivity index (χ0n) is 23.3. The molecule has 0 saturated carbocycles. The Morgan fingerprint density at radius 2 is 1.51 bits per heavy atom. The van der Waals surface area contributed by atoms with Crippen LogP contribution in [0.5, 0.6) is 0 Å². The number of fused-ring (bicyclic) bond motifs is 3. The minimum atomic E-state index is -1.18. The van der Waals surface area contributed by atoms with E-state index in [0.717, 1.165) is 22.3 Å². The Bertz CT molecular complexity index is 1220. The van der Waals surface area contributed by atoms with E-state index < -0.39 is 42.5 Å². The van der Waals surface area contributed by atoms with Gasteiger partial charge in [-0.15, -0.1) is 11.8 Å².